The Kier molecular flexibility index (Phi) is 3.71. The normalized spacial score (nSPS) is 18.2. The number of nitrogens with zero attached hydrogens (tertiary/aromatic N) is 4. The van der Waals surface area contributed by atoms with Crippen molar-refractivity contribution in [1.82, 2.24) is 9.97 Å². The highest BCUT2D eigenvalue weighted by Gasteiger charge is 2.27. The van der Waals surface area contributed by atoms with Crippen molar-refractivity contribution < 1.29 is 4.79 Å². The summed E-state index contributed by atoms with van der Waals surface area (Å²) in [5.74, 6) is 0.223. The molecule has 0 bridgehead atoms. The summed E-state index contributed by atoms with van der Waals surface area (Å²) in [6, 6.07) is 13.7. The van der Waals surface area contributed by atoms with Crippen LogP contribution in [-0.2, 0) is 6.42 Å². The van der Waals surface area contributed by atoms with Gasteiger partial charge < -0.3 is 0 Å². The monoisotopic (exact) mass is 352 g/mol. The van der Waals surface area contributed by atoms with Crippen LogP contribution in [0.4, 0.5) is 0 Å². The second kappa shape index (κ2) is 6.36. The quantitative estimate of drug-likeness (QED) is 0.723. The van der Waals surface area contributed by atoms with Crippen LogP contribution in [0.5, 0.6) is 0 Å². The van der Waals surface area contributed by atoms with Crippen LogP contribution in [0.1, 0.15) is 45.2 Å². The number of aliphatic imine (C=N–C) groups is 2. The molecule has 0 N–H and O–H groups in total. The molecule has 1 aromatic carbocycles. The molecule has 0 spiro atoms. The van der Waals surface area contributed by atoms with Gasteiger partial charge in [-0.2, -0.15) is 0 Å². The number of ketones is 1. The number of fused-ring (bicyclic) bond motifs is 1. The SMILES string of the molecule is O=C1CCc2cc(C3=NC(c4cccnc4)N=C3c3ccncc3)ccc21. The minimum absolute atomic E-state index is 0.223. The van der Waals surface area contributed by atoms with Crippen molar-refractivity contribution in [2.75, 3.05) is 0 Å². The standard InChI is InChI=1S/C22H16N4O/c27-19-6-4-15-12-16(3-5-18(15)19)21-20(14-7-10-23-11-8-14)25-22(26-21)17-2-1-9-24-13-17/h1-3,5,7-13,22H,4,6H2. The maximum atomic E-state index is 12.0. The second-order valence-corrected chi connectivity index (χ2v) is 6.65. The molecule has 5 heteroatoms. The largest absolute Gasteiger partial charge is 0.294 e. The van der Waals surface area contributed by atoms with E-state index in [2.05, 4.69) is 16.0 Å². The van der Waals surface area contributed by atoms with E-state index in [1.807, 2.05) is 36.4 Å². The summed E-state index contributed by atoms with van der Waals surface area (Å²) < 4.78 is 0. The highest BCUT2D eigenvalue weighted by molar-refractivity contribution is 6.54. The molecule has 2 aromatic heterocycles. The Morgan fingerprint density at radius 1 is 0.815 bits per heavy atom. The Morgan fingerprint density at radius 2 is 1.63 bits per heavy atom. The van der Waals surface area contributed by atoms with Crippen molar-refractivity contribution in [3.8, 4) is 0 Å². The molecule has 0 fully saturated rings. The fourth-order valence-electron chi connectivity index (χ4n) is 3.61. The van der Waals surface area contributed by atoms with Gasteiger partial charge in [0.1, 0.15) is 0 Å². The second-order valence-electron chi connectivity index (χ2n) is 6.65. The maximum absolute atomic E-state index is 12.0. The summed E-state index contributed by atoms with van der Waals surface area (Å²) in [6.45, 7) is 0. The van der Waals surface area contributed by atoms with Crippen molar-refractivity contribution in [3.63, 3.8) is 0 Å². The molecule has 1 unspecified atom stereocenters. The molecule has 0 radical (unpaired) electrons. The number of aromatic nitrogens is 2. The molecule has 130 valence electrons. The molecule has 0 saturated carbocycles. The molecule has 1 atom stereocenters. The molecule has 0 amide bonds. The summed E-state index contributed by atoms with van der Waals surface area (Å²) in [7, 11) is 0. The number of Topliss-reactive ketones (excluding diaryl/α,β-unsaturated/α-hetero) is 1. The van der Waals surface area contributed by atoms with Crippen molar-refractivity contribution >= 4 is 17.2 Å². The fraction of sp³-hybridized carbons (Fsp3) is 0.136. The Hall–Kier alpha value is -3.47. The van der Waals surface area contributed by atoms with Gasteiger partial charge in [-0.05, 0) is 36.2 Å². The first-order chi connectivity index (χ1) is 13.3. The van der Waals surface area contributed by atoms with Crippen LogP contribution in [0.3, 0.4) is 0 Å². The summed E-state index contributed by atoms with van der Waals surface area (Å²) >= 11 is 0. The number of hydrogen-bond donors (Lipinski definition) is 0. The zero-order valence-electron chi connectivity index (χ0n) is 14.5. The molecule has 27 heavy (non-hydrogen) atoms. The van der Waals surface area contributed by atoms with Gasteiger partial charge in [-0.3, -0.25) is 24.7 Å². The third-order valence-electron chi connectivity index (χ3n) is 4.96. The Balaban J connectivity index is 1.62. The molecule has 3 heterocycles. The average molecular weight is 352 g/mol. The van der Waals surface area contributed by atoms with E-state index in [9.17, 15) is 4.79 Å². The third-order valence-corrected chi connectivity index (χ3v) is 4.96. The van der Waals surface area contributed by atoms with Gasteiger partial charge >= 0.3 is 0 Å². The third kappa shape index (κ3) is 2.77. The minimum Gasteiger partial charge on any atom is -0.294 e. The lowest BCUT2D eigenvalue weighted by molar-refractivity contribution is 0.0994. The Morgan fingerprint density at radius 3 is 2.41 bits per heavy atom. The van der Waals surface area contributed by atoms with Gasteiger partial charge in [0.25, 0.3) is 0 Å². The average Bonchev–Trinajstić information content (AvgIpc) is 3.33. The first-order valence-electron chi connectivity index (χ1n) is 8.92. The predicted octanol–water partition coefficient (Wildman–Crippen LogP) is 3.60. The van der Waals surface area contributed by atoms with E-state index < -0.39 is 0 Å². The van der Waals surface area contributed by atoms with Crippen molar-refractivity contribution in [3.05, 3.63) is 95.1 Å². The van der Waals surface area contributed by atoms with Gasteiger partial charge in [-0.15, -0.1) is 0 Å². The van der Waals surface area contributed by atoms with Crippen LogP contribution < -0.4 is 0 Å². The van der Waals surface area contributed by atoms with Gasteiger partial charge in [0.15, 0.2) is 11.9 Å². The molecular formula is C22H16N4O. The number of rotatable bonds is 3. The first-order valence-corrected chi connectivity index (χ1v) is 8.92. The van der Waals surface area contributed by atoms with E-state index >= 15 is 0 Å². The lowest BCUT2D eigenvalue weighted by atomic mass is 9.97. The van der Waals surface area contributed by atoms with Crippen LogP contribution in [0.25, 0.3) is 0 Å². The number of aryl methyl sites for hydroxylation is 1. The summed E-state index contributed by atoms with van der Waals surface area (Å²) in [4.78, 5) is 30.0. The van der Waals surface area contributed by atoms with Crippen molar-refractivity contribution in [2.45, 2.75) is 19.0 Å². The molecule has 1 aliphatic carbocycles. The predicted molar refractivity (Wildman–Crippen MR) is 103 cm³/mol. The van der Waals surface area contributed by atoms with Gasteiger partial charge in [0.05, 0.1) is 11.4 Å². The van der Waals surface area contributed by atoms with Crippen molar-refractivity contribution in [1.29, 1.82) is 0 Å². The van der Waals surface area contributed by atoms with Gasteiger partial charge in [0, 0.05) is 53.5 Å². The smallest absolute Gasteiger partial charge is 0.168 e. The molecule has 5 rings (SSSR count). The number of hydrogen-bond acceptors (Lipinski definition) is 5. The first kappa shape index (κ1) is 15.8. The number of carbonyl (C=O) groups excluding carboxylic acids is 1. The zero-order valence-corrected chi connectivity index (χ0v) is 14.5. The highest BCUT2D eigenvalue weighted by Crippen LogP contribution is 2.30. The Labute approximate surface area is 156 Å². The van der Waals surface area contributed by atoms with E-state index in [0.29, 0.717) is 6.42 Å². The van der Waals surface area contributed by atoms with E-state index in [1.54, 1.807) is 24.8 Å². The van der Waals surface area contributed by atoms with E-state index in [0.717, 1.165) is 45.7 Å². The molecule has 0 saturated heterocycles. The Bertz CT molecular complexity index is 1090. The lowest BCUT2D eigenvalue weighted by Gasteiger charge is -2.07. The highest BCUT2D eigenvalue weighted by atomic mass is 16.1. The van der Waals surface area contributed by atoms with Crippen LogP contribution >= 0.6 is 0 Å². The van der Waals surface area contributed by atoms with Crippen molar-refractivity contribution in [2.24, 2.45) is 9.98 Å². The topological polar surface area (TPSA) is 67.6 Å². The lowest BCUT2D eigenvalue weighted by Crippen LogP contribution is -2.14. The fourth-order valence-corrected chi connectivity index (χ4v) is 3.61. The number of benzene rings is 1. The molecule has 2 aliphatic rings. The van der Waals surface area contributed by atoms with E-state index in [-0.39, 0.29) is 11.9 Å². The number of carbonyl (C=O) groups is 1. The van der Waals surface area contributed by atoms with Crippen LogP contribution in [0, 0.1) is 0 Å². The summed E-state index contributed by atoms with van der Waals surface area (Å²) in [6.07, 6.45) is 8.13. The van der Waals surface area contributed by atoms with Gasteiger partial charge in [-0.1, -0.05) is 18.2 Å². The van der Waals surface area contributed by atoms with E-state index in [1.165, 1.54) is 0 Å². The number of pyridine rings is 2. The van der Waals surface area contributed by atoms with Crippen LogP contribution in [0.15, 0.2) is 77.2 Å². The molecule has 1 aliphatic heterocycles. The minimum atomic E-state index is -0.313. The summed E-state index contributed by atoms with van der Waals surface area (Å²) in [5, 5.41) is 0. The van der Waals surface area contributed by atoms with Crippen LogP contribution in [-0.4, -0.2) is 27.2 Å². The summed E-state index contributed by atoms with van der Waals surface area (Å²) in [5.41, 5.74) is 6.54. The van der Waals surface area contributed by atoms with E-state index in [4.69, 9.17) is 9.98 Å². The molecular weight excluding hydrogens is 336 g/mol. The molecule has 5 nitrogen and oxygen atoms in total. The molecule has 3 aromatic rings. The maximum Gasteiger partial charge on any atom is 0.168 e. The zero-order chi connectivity index (χ0) is 18.2. The van der Waals surface area contributed by atoms with Gasteiger partial charge in [-0.25, -0.2) is 0 Å². The van der Waals surface area contributed by atoms with Crippen LogP contribution in [0.2, 0.25) is 0 Å². The van der Waals surface area contributed by atoms with Gasteiger partial charge in [0.2, 0.25) is 0 Å².